The average Bonchev–Trinajstić information content (AvgIpc) is 3.13. The Bertz CT molecular complexity index is 1060. The van der Waals surface area contributed by atoms with Crippen LogP contribution in [0, 0.1) is 0 Å². The van der Waals surface area contributed by atoms with Gasteiger partial charge >= 0.3 is 12.1 Å². The van der Waals surface area contributed by atoms with Crippen LogP contribution in [0.4, 0.5) is 13.2 Å². The first-order chi connectivity index (χ1) is 16.4. The zero-order chi connectivity index (χ0) is 25.9. The highest BCUT2D eigenvalue weighted by atomic mass is 32.2. The highest BCUT2D eigenvalue weighted by Gasteiger charge is 2.41. The number of nitrogens with one attached hydrogen (secondary N) is 1. The van der Waals surface area contributed by atoms with Gasteiger partial charge in [0.05, 0.1) is 35.4 Å². The standard InChI is InChI=1S/C24H29F3N4O3S/c1-14(2)34-22(33)20-15(3)29-23-31(18(13-35-23)12-19(32)28-10-11-30(4)5)21(20)16-6-8-17(9-7-16)24(25,26)27/h6-9,13-14,21H,10-12H2,1-5H3,(H,28,32)/t21-/m1/s1. The minimum absolute atomic E-state index is 0.0299. The molecule has 1 amide bonds. The number of ether oxygens (including phenoxy) is 1. The van der Waals surface area contributed by atoms with E-state index < -0.39 is 29.9 Å². The average molecular weight is 511 g/mol. The van der Waals surface area contributed by atoms with Gasteiger partial charge < -0.3 is 19.9 Å². The van der Waals surface area contributed by atoms with E-state index in [9.17, 15) is 22.8 Å². The molecule has 35 heavy (non-hydrogen) atoms. The number of amidine groups is 1. The molecule has 0 unspecified atom stereocenters. The minimum atomic E-state index is -4.48. The molecule has 3 rings (SSSR count). The van der Waals surface area contributed by atoms with E-state index in [1.165, 1.54) is 23.9 Å². The van der Waals surface area contributed by atoms with Crippen LogP contribution in [0.2, 0.25) is 0 Å². The Balaban J connectivity index is 1.97. The van der Waals surface area contributed by atoms with Gasteiger partial charge in [-0.25, -0.2) is 9.79 Å². The number of carbonyl (C=O) groups excluding carboxylic acids is 2. The molecule has 0 aliphatic carbocycles. The molecule has 1 atom stereocenters. The number of alkyl halides is 3. The summed E-state index contributed by atoms with van der Waals surface area (Å²) in [6.07, 6.45) is -4.85. The van der Waals surface area contributed by atoms with Crippen molar-refractivity contribution in [1.29, 1.82) is 0 Å². The predicted molar refractivity (Wildman–Crippen MR) is 129 cm³/mol. The van der Waals surface area contributed by atoms with Crippen LogP contribution in [-0.2, 0) is 20.5 Å². The van der Waals surface area contributed by atoms with Crippen LogP contribution in [0.25, 0.3) is 0 Å². The Hall–Kier alpha value is -2.79. The number of likely N-dealkylation sites (N-methyl/N-ethyl adjacent to an activating group) is 1. The molecule has 0 spiro atoms. The molecule has 0 saturated carbocycles. The smallest absolute Gasteiger partial charge is 0.416 e. The monoisotopic (exact) mass is 510 g/mol. The van der Waals surface area contributed by atoms with Crippen molar-refractivity contribution in [3.05, 3.63) is 57.8 Å². The van der Waals surface area contributed by atoms with Gasteiger partial charge in [-0.2, -0.15) is 13.2 Å². The molecule has 0 fully saturated rings. The maximum Gasteiger partial charge on any atom is 0.416 e. The molecule has 2 heterocycles. The van der Waals surface area contributed by atoms with Gasteiger partial charge in [0.1, 0.15) is 0 Å². The van der Waals surface area contributed by atoms with Crippen LogP contribution < -0.4 is 5.32 Å². The van der Waals surface area contributed by atoms with E-state index in [0.717, 1.165) is 12.1 Å². The second-order valence-electron chi connectivity index (χ2n) is 8.80. The number of halogens is 3. The molecule has 0 radical (unpaired) electrons. The number of hydrogen-bond donors (Lipinski definition) is 1. The molecule has 0 saturated heterocycles. The quantitative estimate of drug-likeness (QED) is 0.526. The summed E-state index contributed by atoms with van der Waals surface area (Å²) in [5.41, 5.74) is 0.919. The van der Waals surface area contributed by atoms with Gasteiger partial charge in [0, 0.05) is 18.8 Å². The molecule has 0 bridgehead atoms. The van der Waals surface area contributed by atoms with Crippen molar-refractivity contribution in [2.24, 2.45) is 4.99 Å². The van der Waals surface area contributed by atoms with Crippen LogP contribution in [0.15, 0.2) is 51.6 Å². The number of carbonyl (C=O) groups is 2. The molecular weight excluding hydrogens is 481 g/mol. The molecule has 0 aromatic heterocycles. The number of allylic oxidation sites excluding steroid dienone is 1. The lowest BCUT2D eigenvalue weighted by molar-refractivity contribution is -0.143. The van der Waals surface area contributed by atoms with Crippen LogP contribution in [0.1, 0.15) is 44.4 Å². The lowest BCUT2D eigenvalue weighted by Crippen LogP contribution is -2.39. The molecule has 1 aromatic rings. The zero-order valence-corrected chi connectivity index (χ0v) is 21.1. The van der Waals surface area contributed by atoms with Crippen molar-refractivity contribution < 1.29 is 27.5 Å². The van der Waals surface area contributed by atoms with Crippen molar-refractivity contribution >= 4 is 28.8 Å². The first kappa shape index (κ1) is 26.8. The SMILES string of the molecule is CC1=C(C(=O)OC(C)C)[C@@H](c2ccc(C(F)(F)F)cc2)N2C(CC(=O)NCCN(C)C)=CSC2=N1. The number of fused-ring (bicyclic) bond motifs is 1. The van der Waals surface area contributed by atoms with Crippen molar-refractivity contribution in [3.8, 4) is 0 Å². The fourth-order valence-corrected chi connectivity index (χ4v) is 4.69. The fraction of sp³-hybridized carbons (Fsp3) is 0.458. The van der Waals surface area contributed by atoms with E-state index in [0.29, 0.717) is 35.2 Å². The summed E-state index contributed by atoms with van der Waals surface area (Å²) in [6, 6.07) is 3.89. The Morgan fingerprint density at radius 1 is 1.23 bits per heavy atom. The first-order valence-electron chi connectivity index (χ1n) is 11.1. The van der Waals surface area contributed by atoms with Crippen LogP contribution in [0.5, 0.6) is 0 Å². The van der Waals surface area contributed by atoms with Crippen molar-refractivity contribution in [3.63, 3.8) is 0 Å². The van der Waals surface area contributed by atoms with Crippen molar-refractivity contribution in [2.75, 3.05) is 27.2 Å². The van der Waals surface area contributed by atoms with Crippen molar-refractivity contribution in [2.45, 2.75) is 45.5 Å². The van der Waals surface area contributed by atoms with Crippen LogP contribution in [-0.4, -0.2) is 60.1 Å². The predicted octanol–water partition coefficient (Wildman–Crippen LogP) is 4.30. The van der Waals surface area contributed by atoms with E-state index in [2.05, 4.69) is 10.3 Å². The van der Waals surface area contributed by atoms with Gasteiger partial charge in [-0.05, 0) is 58.0 Å². The molecule has 2 aliphatic heterocycles. The minimum Gasteiger partial charge on any atom is -0.459 e. The topological polar surface area (TPSA) is 74.2 Å². The molecule has 7 nitrogen and oxygen atoms in total. The molecule has 2 aliphatic rings. The Morgan fingerprint density at radius 2 is 1.89 bits per heavy atom. The summed E-state index contributed by atoms with van der Waals surface area (Å²) < 4.78 is 45.0. The van der Waals surface area contributed by atoms with E-state index in [1.807, 2.05) is 19.0 Å². The summed E-state index contributed by atoms with van der Waals surface area (Å²) in [4.78, 5) is 33.9. The number of esters is 1. The van der Waals surface area contributed by atoms with Gasteiger partial charge in [-0.15, -0.1) is 0 Å². The van der Waals surface area contributed by atoms with Crippen LogP contribution in [0.3, 0.4) is 0 Å². The highest BCUT2D eigenvalue weighted by Crippen LogP contribution is 2.45. The normalized spacial score (nSPS) is 18.0. The summed E-state index contributed by atoms with van der Waals surface area (Å²) in [5.74, 6) is -0.805. The number of amides is 1. The van der Waals surface area contributed by atoms with Gasteiger partial charge in [0.15, 0.2) is 5.17 Å². The molecule has 190 valence electrons. The Morgan fingerprint density at radius 3 is 2.46 bits per heavy atom. The second kappa shape index (κ2) is 10.9. The summed E-state index contributed by atoms with van der Waals surface area (Å²) in [5, 5.41) is 5.19. The summed E-state index contributed by atoms with van der Waals surface area (Å²) in [7, 11) is 3.81. The maximum absolute atomic E-state index is 13.2. The molecular formula is C24H29F3N4O3S. The van der Waals surface area contributed by atoms with E-state index in [4.69, 9.17) is 4.74 Å². The number of rotatable bonds is 8. The van der Waals surface area contributed by atoms with Gasteiger partial charge in [-0.1, -0.05) is 23.9 Å². The van der Waals surface area contributed by atoms with E-state index in [1.54, 1.807) is 31.1 Å². The highest BCUT2D eigenvalue weighted by molar-refractivity contribution is 8.16. The lowest BCUT2D eigenvalue weighted by Gasteiger charge is -2.36. The fourth-order valence-electron chi connectivity index (χ4n) is 3.72. The van der Waals surface area contributed by atoms with Crippen LogP contribution >= 0.6 is 11.8 Å². The summed E-state index contributed by atoms with van der Waals surface area (Å²) in [6.45, 7) is 6.25. The second-order valence-corrected chi connectivity index (χ2v) is 9.63. The van der Waals surface area contributed by atoms with Gasteiger partial charge in [-0.3, -0.25) is 4.79 Å². The van der Waals surface area contributed by atoms with E-state index >= 15 is 0 Å². The first-order valence-corrected chi connectivity index (χ1v) is 12.0. The molecule has 1 aromatic carbocycles. The largest absolute Gasteiger partial charge is 0.459 e. The van der Waals surface area contributed by atoms with Crippen molar-refractivity contribution in [1.82, 2.24) is 15.1 Å². The lowest BCUT2D eigenvalue weighted by atomic mass is 9.93. The Kier molecular flexibility index (Phi) is 8.32. The number of hydrogen-bond acceptors (Lipinski definition) is 7. The number of nitrogens with zero attached hydrogens (tertiary/aromatic N) is 3. The van der Waals surface area contributed by atoms with Gasteiger partial charge in [0.25, 0.3) is 0 Å². The third-order valence-electron chi connectivity index (χ3n) is 5.34. The zero-order valence-electron chi connectivity index (χ0n) is 20.3. The van der Waals surface area contributed by atoms with E-state index in [-0.39, 0.29) is 17.9 Å². The van der Waals surface area contributed by atoms with Gasteiger partial charge in [0.2, 0.25) is 5.91 Å². The third kappa shape index (κ3) is 6.46. The molecule has 11 heteroatoms. The number of thioether (sulfide) groups is 1. The number of benzene rings is 1. The Labute approximate surface area is 207 Å². The summed E-state index contributed by atoms with van der Waals surface area (Å²) >= 11 is 1.30. The number of aliphatic imine (C=N–C) groups is 1. The molecule has 1 N–H and O–H groups in total. The maximum atomic E-state index is 13.2. The third-order valence-corrected chi connectivity index (χ3v) is 6.23.